The number of aromatic nitrogens is 3. The topological polar surface area (TPSA) is 60.2 Å². The van der Waals surface area contributed by atoms with Crippen LogP contribution in [-0.4, -0.2) is 52.0 Å². The Morgan fingerprint density at radius 2 is 1.90 bits per heavy atom. The quantitative estimate of drug-likeness (QED) is 0.697. The Kier molecular flexibility index (Phi) is 5.86. The van der Waals surface area contributed by atoms with Crippen LogP contribution in [0, 0.1) is 0 Å². The number of carbonyl (C=O) groups excluding carboxylic acids is 1. The molecule has 0 N–H and O–H groups in total. The molecule has 1 aliphatic carbocycles. The Labute approximate surface area is 177 Å². The molecule has 4 rings (SSSR count). The monoisotopic (exact) mass is 414 g/mol. The molecule has 7 heteroatoms. The molecule has 29 heavy (non-hydrogen) atoms. The van der Waals surface area contributed by atoms with Gasteiger partial charge in [0.25, 0.3) is 0 Å². The van der Waals surface area contributed by atoms with E-state index >= 15 is 0 Å². The lowest BCUT2D eigenvalue weighted by Gasteiger charge is -2.39. The van der Waals surface area contributed by atoms with Crippen LogP contribution in [0.2, 0.25) is 0 Å². The first-order chi connectivity index (χ1) is 14.1. The summed E-state index contributed by atoms with van der Waals surface area (Å²) in [4.78, 5) is 15.9. The lowest BCUT2D eigenvalue weighted by Crippen LogP contribution is -2.49. The van der Waals surface area contributed by atoms with Crippen molar-refractivity contribution in [3.63, 3.8) is 0 Å². The van der Waals surface area contributed by atoms with E-state index in [2.05, 4.69) is 31.8 Å². The predicted molar refractivity (Wildman–Crippen MR) is 114 cm³/mol. The molecule has 156 valence electrons. The smallest absolute Gasteiger partial charge is 0.233 e. The van der Waals surface area contributed by atoms with E-state index in [1.54, 1.807) is 18.9 Å². The van der Waals surface area contributed by atoms with Crippen molar-refractivity contribution in [2.45, 2.75) is 55.0 Å². The molecule has 1 unspecified atom stereocenters. The van der Waals surface area contributed by atoms with Crippen molar-refractivity contribution >= 4 is 17.7 Å². The zero-order chi connectivity index (χ0) is 20.4. The van der Waals surface area contributed by atoms with Crippen molar-refractivity contribution in [1.29, 1.82) is 0 Å². The molecule has 2 aliphatic rings. The van der Waals surface area contributed by atoms with Crippen LogP contribution >= 0.6 is 11.8 Å². The molecule has 2 aromatic rings. The number of methoxy groups -OCH3 is 1. The van der Waals surface area contributed by atoms with Gasteiger partial charge in [-0.3, -0.25) is 4.79 Å². The van der Waals surface area contributed by atoms with Gasteiger partial charge in [0, 0.05) is 26.1 Å². The zero-order valence-corrected chi connectivity index (χ0v) is 18.4. The number of hydrogen-bond donors (Lipinski definition) is 0. The fourth-order valence-corrected chi connectivity index (χ4v) is 5.54. The third-order valence-electron chi connectivity index (χ3n) is 6.63. The van der Waals surface area contributed by atoms with E-state index in [0.717, 1.165) is 73.9 Å². The summed E-state index contributed by atoms with van der Waals surface area (Å²) in [6.45, 7) is 1.57. The molecule has 0 radical (unpaired) electrons. The van der Waals surface area contributed by atoms with Crippen LogP contribution in [-0.2, 0) is 17.3 Å². The van der Waals surface area contributed by atoms with Crippen LogP contribution in [0.15, 0.2) is 29.4 Å². The van der Waals surface area contributed by atoms with Gasteiger partial charge in [0.15, 0.2) is 5.16 Å². The second-order valence-electron chi connectivity index (χ2n) is 8.21. The lowest BCUT2D eigenvalue weighted by atomic mass is 9.77. The van der Waals surface area contributed by atoms with Gasteiger partial charge in [-0.15, -0.1) is 10.2 Å². The van der Waals surface area contributed by atoms with Crippen LogP contribution < -0.4 is 4.74 Å². The number of amides is 1. The minimum Gasteiger partial charge on any atom is -0.497 e. The average Bonchev–Trinajstić information content (AvgIpc) is 3.41. The maximum absolute atomic E-state index is 13.8. The molecular weight excluding hydrogens is 384 g/mol. The summed E-state index contributed by atoms with van der Waals surface area (Å²) < 4.78 is 7.40. The Bertz CT molecular complexity index is 858. The van der Waals surface area contributed by atoms with Gasteiger partial charge in [-0.1, -0.05) is 36.7 Å². The van der Waals surface area contributed by atoms with E-state index in [1.165, 1.54) is 0 Å². The maximum atomic E-state index is 13.8. The van der Waals surface area contributed by atoms with Crippen LogP contribution in [0.25, 0.3) is 0 Å². The van der Waals surface area contributed by atoms with Crippen molar-refractivity contribution in [3.8, 4) is 5.75 Å². The van der Waals surface area contributed by atoms with Crippen molar-refractivity contribution in [2.24, 2.45) is 7.05 Å². The predicted octanol–water partition coefficient (Wildman–Crippen LogP) is 3.76. The first-order valence-electron chi connectivity index (χ1n) is 10.5. The van der Waals surface area contributed by atoms with Crippen LogP contribution in [0.1, 0.15) is 55.8 Å². The number of rotatable bonds is 5. The molecule has 1 saturated carbocycles. The molecular formula is C22H30N4O2S. The van der Waals surface area contributed by atoms with Crippen molar-refractivity contribution in [2.75, 3.05) is 26.5 Å². The fraction of sp³-hybridized carbons (Fsp3) is 0.591. The summed E-state index contributed by atoms with van der Waals surface area (Å²) in [6, 6.07) is 8.12. The maximum Gasteiger partial charge on any atom is 0.233 e. The number of ether oxygens (including phenoxy) is 1. The summed E-state index contributed by atoms with van der Waals surface area (Å²) in [5.74, 6) is 2.37. The Balaban J connectivity index is 1.58. The van der Waals surface area contributed by atoms with E-state index in [0.29, 0.717) is 0 Å². The van der Waals surface area contributed by atoms with E-state index in [4.69, 9.17) is 4.74 Å². The number of benzene rings is 1. The highest BCUT2D eigenvalue weighted by Crippen LogP contribution is 2.44. The van der Waals surface area contributed by atoms with Crippen molar-refractivity contribution in [3.05, 3.63) is 35.7 Å². The fourth-order valence-electron chi connectivity index (χ4n) is 5.05. The second-order valence-corrected chi connectivity index (χ2v) is 8.99. The SMILES string of the molecule is COc1ccc(C2(C(=O)N3CCCC(c4nnc(SC)n4C)C3)CCCC2)cc1. The average molecular weight is 415 g/mol. The largest absolute Gasteiger partial charge is 0.497 e. The third kappa shape index (κ3) is 3.65. The Morgan fingerprint density at radius 1 is 1.17 bits per heavy atom. The van der Waals surface area contributed by atoms with Gasteiger partial charge in [0.2, 0.25) is 5.91 Å². The molecule has 0 bridgehead atoms. The molecule has 1 amide bonds. The summed E-state index contributed by atoms with van der Waals surface area (Å²) in [5.41, 5.74) is 0.740. The van der Waals surface area contributed by atoms with Gasteiger partial charge in [0.05, 0.1) is 12.5 Å². The molecule has 2 fully saturated rings. The third-order valence-corrected chi connectivity index (χ3v) is 7.35. The molecule has 1 aromatic carbocycles. The first-order valence-corrected chi connectivity index (χ1v) is 11.7. The van der Waals surface area contributed by atoms with Crippen LogP contribution in [0.4, 0.5) is 0 Å². The summed E-state index contributed by atoms with van der Waals surface area (Å²) >= 11 is 1.61. The highest BCUT2D eigenvalue weighted by Gasteiger charge is 2.46. The minimum atomic E-state index is -0.390. The number of hydrogen-bond acceptors (Lipinski definition) is 5. The zero-order valence-electron chi connectivity index (χ0n) is 17.6. The summed E-state index contributed by atoms with van der Waals surface area (Å²) in [5, 5.41) is 9.66. The normalized spacial score (nSPS) is 21.3. The van der Waals surface area contributed by atoms with E-state index < -0.39 is 5.41 Å². The number of thioether (sulfide) groups is 1. The molecule has 0 spiro atoms. The number of carbonyl (C=O) groups is 1. The second kappa shape index (κ2) is 8.38. The van der Waals surface area contributed by atoms with Crippen molar-refractivity contribution in [1.82, 2.24) is 19.7 Å². The number of likely N-dealkylation sites (tertiary alicyclic amines) is 1. The van der Waals surface area contributed by atoms with Crippen LogP contribution in [0.3, 0.4) is 0 Å². The highest BCUT2D eigenvalue weighted by atomic mass is 32.2. The standard InChI is InChI=1S/C22H30N4O2S/c1-25-19(23-24-21(25)29-3)16-7-6-14-26(15-16)20(27)22(12-4-5-13-22)17-8-10-18(28-2)11-9-17/h8-11,16H,4-7,12-15H2,1-3H3. The summed E-state index contributed by atoms with van der Waals surface area (Å²) in [6.07, 6.45) is 8.16. The highest BCUT2D eigenvalue weighted by molar-refractivity contribution is 7.98. The lowest BCUT2D eigenvalue weighted by molar-refractivity contribution is -0.138. The van der Waals surface area contributed by atoms with Gasteiger partial charge in [0.1, 0.15) is 11.6 Å². The van der Waals surface area contributed by atoms with E-state index in [1.807, 2.05) is 25.4 Å². The van der Waals surface area contributed by atoms with Crippen LogP contribution in [0.5, 0.6) is 5.75 Å². The van der Waals surface area contributed by atoms with Gasteiger partial charge in [-0.25, -0.2) is 0 Å². The minimum absolute atomic E-state index is 0.250. The number of nitrogens with zero attached hydrogens (tertiary/aromatic N) is 4. The van der Waals surface area contributed by atoms with Gasteiger partial charge in [-0.05, 0) is 49.6 Å². The van der Waals surface area contributed by atoms with Gasteiger partial charge >= 0.3 is 0 Å². The molecule has 1 atom stereocenters. The molecule has 1 saturated heterocycles. The van der Waals surface area contributed by atoms with E-state index in [9.17, 15) is 4.79 Å². The molecule has 1 aliphatic heterocycles. The van der Waals surface area contributed by atoms with E-state index in [-0.39, 0.29) is 11.8 Å². The summed E-state index contributed by atoms with van der Waals surface area (Å²) in [7, 11) is 3.70. The number of piperidine rings is 1. The Hall–Kier alpha value is -2.02. The van der Waals surface area contributed by atoms with Crippen molar-refractivity contribution < 1.29 is 9.53 Å². The first kappa shape index (κ1) is 20.3. The van der Waals surface area contributed by atoms with Gasteiger partial charge < -0.3 is 14.2 Å². The molecule has 2 heterocycles. The molecule has 6 nitrogen and oxygen atoms in total. The Morgan fingerprint density at radius 3 is 2.52 bits per heavy atom. The molecule has 1 aromatic heterocycles. The van der Waals surface area contributed by atoms with Gasteiger partial charge in [-0.2, -0.15) is 0 Å².